The average molecular weight is 277 g/mol. The summed E-state index contributed by atoms with van der Waals surface area (Å²) in [5, 5.41) is 2.58. The summed E-state index contributed by atoms with van der Waals surface area (Å²) >= 11 is 6.20. The van der Waals surface area contributed by atoms with Gasteiger partial charge in [0.05, 0.1) is 4.91 Å². The average Bonchev–Trinajstić information content (AvgIpc) is 2.67. The molecule has 1 N–H and O–H groups in total. The maximum atomic E-state index is 11.6. The lowest BCUT2D eigenvalue weighted by Gasteiger charge is -2.06. The second-order valence-electron chi connectivity index (χ2n) is 3.49. The number of para-hydroxylation sites is 1. The first-order valence-corrected chi connectivity index (χ1v) is 6.51. The van der Waals surface area contributed by atoms with Crippen molar-refractivity contribution < 1.29 is 9.53 Å². The number of thioether (sulfide) groups is 1. The van der Waals surface area contributed by atoms with Crippen molar-refractivity contribution in [2.24, 2.45) is 0 Å². The Hall–Kier alpha value is -1.59. The van der Waals surface area contributed by atoms with Crippen LogP contribution in [0, 0.1) is 0 Å². The zero-order chi connectivity index (χ0) is 13.0. The summed E-state index contributed by atoms with van der Waals surface area (Å²) < 4.78 is 6.00. The Morgan fingerprint density at radius 2 is 2.22 bits per heavy atom. The van der Waals surface area contributed by atoms with Gasteiger partial charge in [-0.1, -0.05) is 54.8 Å². The first kappa shape index (κ1) is 12.9. The third kappa shape index (κ3) is 3.00. The molecule has 18 heavy (non-hydrogen) atoms. The molecular weight excluding hydrogens is 266 g/mol. The number of amides is 1. The Bertz CT molecular complexity index is 538. The highest BCUT2D eigenvalue weighted by atomic mass is 32.2. The van der Waals surface area contributed by atoms with E-state index in [1.165, 1.54) is 11.8 Å². The molecule has 0 spiro atoms. The number of hydrogen-bond acceptors (Lipinski definition) is 4. The molecule has 0 aliphatic carbocycles. The van der Waals surface area contributed by atoms with Crippen molar-refractivity contribution >= 4 is 40.3 Å². The number of carbonyl (C=O) groups excluding carboxylic acids is 1. The van der Waals surface area contributed by atoms with Gasteiger partial charge >= 0.3 is 0 Å². The maximum Gasteiger partial charge on any atom is 0.263 e. The predicted molar refractivity (Wildman–Crippen MR) is 78.4 cm³/mol. The summed E-state index contributed by atoms with van der Waals surface area (Å²) in [6, 6.07) is 7.52. The summed E-state index contributed by atoms with van der Waals surface area (Å²) in [6.45, 7) is 4.03. The lowest BCUT2D eigenvalue weighted by molar-refractivity contribution is -0.115. The van der Waals surface area contributed by atoms with E-state index in [-0.39, 0.29) is 5.91 Å². The van der Waals surface area contributed by atoms with E-state index in [0.29, 0.717) is 15.8 Å². The Balaban J connectivity index is 2.28. The summed E-state index contributed by atoms with van der Waals surface area (Å²) in [5.41, 5.74) is 0.849. The van der Waals surface area contributed by atoms with Crippen molar-refractivity contribution in [1.82, 2.24) is 5.32 Å². The minimum atomic E-state index is -0.163. The first-order valence-electron chi connectivity index (χ1n) is 5.28. The number of nitrogens with one attached hydrogen (secondary N) is 1. The van der Waals surface area contributed by atoms with Crippen molar-refractivity contribution in [3.8, 4) is 5.75 Å². The molecule has 0 aromatic heterocycles. The molecule has 92 valence electrons. The van der Waals surface area contributed by atoms with Gasteiger partial charge in [0.1, 0.15) is 16.7 Å². The van der Waals surface area contributed by atoms with E-state index in [9.17, 15) is 4.79 Å². The number of hydrogen-bond donors (Lipinski definition) is 1. The minimum Gasteiger partial charge on any atom is -0.489 e. The molecule has 1 amide bonds. The van der Waals surface area contributed by atoms with Gasteiger partial charge in [0, 0.05) is 5.56 Å². The Kier molecular flexibility index (Phi) is 4.17. The molecule has 1 fully saturated rings. The predicted octanol–water partition coefficient (Wildman–Crippen LogP) is 2.74. The maximum absolute atomic E-state index is 11.6. The summed E-state index contributed by atoms with van der Waals surface area (Å²) in [4.78, 5) is 12.1. The van der Waals surface area contributed by atoms with Gasteiger partial charge in [-0.3, -0.25) is 4.79 Å². The molecule has 0 radical (unpaired) electrons. The summed E-state index contributed by atoms with van der Waals surface area (Å²) in [7, 11) is 0. The molecule has 0 bridgehead atoms. The fourth-order valence-corrected chi connectivity index (χ4v) is 2.48. The van der Waals surface area contributed by atoms with Crippen molar-refractivity contribution in [3.63, 3.8) is 0 Å². The fraction of sp³-hybridized carbons (Fsp3) is 0.0769. The number of rotatable bonds is 4. The van der Waals surface area contributed by atoms with Crippen LogP contribution in [0.25, 0.3) is 6.08 Å². The highest BCUT2D eigenvalue weighted by Gasteiger charge is 2.22. The van der Waals surface area contributed by atoms with Gasteiger partial charge in [0.15, 0.2) is 0 Å². The van der Waals surface area contributed by atoms with Crippen LogP contribution < -0.4 is 10.1 Å². The van der Waals surface area contributed by atoms with Crippen LogP contribution in [0.15, 0.2) is 41.8 Å². The number of thiocarbonyl (C=S) groups is 1. The van der Waals surface area contributed by atoms with Gasteiger partial charge in [0.2, 0.25) is 0 Å². The third-order valence-electron chi connectivity index (χ3n) is 2.20. The van der Waals surface area contributed by atoms with Crippen molar-refractivity contribution in [3.05, 3.63) is 47.4 Å². The number of benzene rings is 1. The first-order chi connectivity index (χ1) is 8.70. The molecule has 1 heterocycles. The van der Waals surface area contributed by atoms with E-state index in [1.807, 2.05) is 24.3 Å². The second kappa shape index (κ2) is 5.84. The van der Waals surface area contributed by atoms with Crippen LogP contribution in [-0.2, 0) is 4.79 Å². The van der Waals surface area contributed by atoms with Gasteiger partial charge in [-0.05, 0) is 12.1 Å². The smallest absolute Gasteiger partial charge is 0.263 e. The van der Waals surface area contributed by atoms with E-state index < -0.39 is 0 Å². The van der Waals surface area contributed by atoms with Gasteiger partial charge < -0.3 is 10.1 Å². The molecule has 1 saturated heterocycles. The molecule has 2 rings (SSSR count). The van der Waals surface area contributed by atoms with Crippen molar-refractivity contribution in [2.45, 2.75) is 0 Å². The van der Waals surface area contributed by atoms with Crippen LogP contribution in [-0.4, -0.2) is 16.8 Å². The van der Waals surface area contributed by atoms with Crippen LogP contribution in [0.4, 0.5) is 0 Å². The zero-order valence-corrected chi connectivity index (χ0v) is 11.1. The standard InChI is InChI=1S/C13H11NO2S2/c1-2-7-16-10-6-4-3-5-9(10)8-11-12(15)14-13(17)18-11/h2-6,8H,1,7H2,(H,14,15,17)/b11-8+. The lowest BCUT2D eigenvalue weighted by atomic mass is 10.2. The van der Waals surface area contributed by atoms with Gasteiger partial charge in [-0.25, -0.2) is 0 Å². The molecule has 3 nitrogen and oxygen atoms in total. The zero-order valence-electron chi connectivity index (χ0n) is 9.51. The molecule has 0 saturated carbocycles. The van der Waals surface area contributed by atoms with E-state index in [2.05, 4.69) is 11.9 Å². The quantitative estimate of drug-likeness (QED) is 0.522. The minimum absolute atomic E-state index is 0.163. The normalized spacial score (nSPS) is 16.8. The fourth-order valence-electron chi connectivity index (χ4n) is 1.44. The van der Waals surface area contributed by atoms with Crippen LogP contribution in [0.5, 0.6) is 5.75 Å². The van der Waals surface area contributed by atoms with Gasteiger partial charge in [-0.15, -0.1) is 0 Å². The molecule has 5 heteroatoms. The third-order valence-corrected chi connectivity index (χ3v) is 3.37. The summed E-state index contributed by atoms with van der Waals surface area (Å²) in [6.07, 6.45) is 3.45. The van der Waals surface area contributed by atoms with E-state index in [1.54, 1.807) is 12.2 Å². The lowest BCUT2D eigenvalue weighted by Crippen LogP contribution is -2.17. The molecule has 1 aliphatic rings. The SMILES string of the molecule is C=CCOc1ccccc1/C=C1/SC(=S)NC1=O. The van der Waals surface area contributed by atoms with Crippen LogP contribution >= 0.6 is 24.0 Å². The molecule has 0 unspecified atom stereocenters. The van der Waals surface area contributed by atoms with Crippen LogP contribution in [0.3, 0.4) is 0 Å². The highest BCUT2D eigenvalue weighted by molar-refractivity contribution is 8.26. The van der Waals surface area contributed by atoms with E-state index in [0.717, 1.165) is 11.3 Å². The van der Waals surface area contributed by atoms with Crippen molar-refractivity contribution in [1.29, 1.82) is 0 Å². The molecule has 1 aliphatic heterocycles. The Labute approximate surface area is 115 Å². The Morgan fingerprint density at radius 1 is 1.44 bits per heavy atom. The van der Waals surface area contributed by atoms with Gasteiger partial charge in [0.25, 0.3) is 5.91 Å². The highest BCUT2D eigenvalue weighted by Crippen LogP contribution is 2.29. The van der Waals surface area contributed by atoms with Gasteiger partial charge in [-0.2, -0.15) is 0 Å². The molecule has 0 atom stereocenters. The van der Waals surface area contributed by atoms with Crippen molar-refractivity contribution in [2.75, 3.05) is 6.61 Å². The van der Waals surface area contributed by atoms with Crippen LogP contribution in [0.1, 0.15) is 5.56 Å². The molecule has 1 aromatic rings. The van der Waals surface area contributed by atoms with E-state index in [4.69, 9.17) is 17.0 Å². The second-order valence-corrected chi connectivity index (χ2v) is 5.21. The number of carbonyl (C=O) groups is 1. The summed E-state index contributed by atoms with van der Waals surface area (Å²) in [5.74, 6) is 0.555. The topological polar surface area (TPSA) is 38.3 Å². The Morgan fingerprint density at radius 3 is 2.89 bits per heavy atom. The molecular formula is C13H11NO2S2. The largest absolute Gasteiger partial charge is 0.489 e. The monoisotopic (exact) mass is 277 g/mol. The molecule has 1 aromatic carbocycles. The van der Waals surface area contributed by atoms with Crippen LogP contribution in [0.2, 0.25) is 0 Å². The number of ether oxygens (including phenoxy) is 1. The van der Waals surface area contributed by atoms with E-state index >= 15 is 0 Å².